The van der Waals surface area contributed by atoms with Crippen molar-refractivity contribution < 1.29 is 19.4 Å². The highest BCUT2D eigenvalue weighted by molar-refractivity contribution is 5.88. The topological polar surface area (TPSA) is 79.7 Å². The van der Waals surface area contributed by atoms with Crippen LogP contribution in [0.25, 0.3) is 0 Å². The largest absolute Gasteiger partial charge is 0.481 e. The van der Waals surface area contributed by atoms with Crippen molar-refractivity contribution in [3.8, 4) is 0 Å². The Labute approximate surface area is 136 Å². The number of carboxylic acid groups (broad SMARTS) is 1. The van der Waals surface area contributed by atoms with E-state index in [9.17, 15) is 14.7 Å². The van der Waals surface area contributed by atoms with Gasteiger partial charge in [0.1, 0.15) is 11.4 Å². The maximum absolute atomic E-state index is 12.4. The summed E-state index contributed by atoms with van der Waals surface area (Å²) in [5.74, 6) is -1.04. The number of anilines is 1. The predicted molar refractivity (Wildman–Crippen MR) is 86.8 cm³/mol. The molecule has 1 N–H and O–H groups in total. The molecule has 0 radical (unpaired) electrons. The normalized spacial score (nSPS) is 15.7. The molecule has 6 nitrogen and oxygen atoms in total. The molecule has 126 valence electrons. The van der Waals surface area contributed by atoms with Crippen LogP contribution in [0.4, 0.5) is 10.6 Å². The minimum Gasteiger partial charge on any atom is -0.481 e. The van der Waals surface area contributed by atoms with Gasteiger partial charge in [0.15, 0.2) is 0 Å². The van der Waals surface area contributed by atoms with E-state index in [2.05, 4.69) is 4.98 Å². The number of nitrogens with zero attached hydrogens (tertiary/aromatic N) is 2. The summed E-state index contributed by atoms with van der Waals surface area (Å²) in [7, 11) is 0. The zero-order valence-corrected chi connectivity index (χ0v) is 14.1. The second-order valence-electron chi connectivity index (χ2n) is 6.75. The number of rotatable bonds is 3. The molecule has 0 saturated carbocycles. The van der Waals surface area contributed by atoms with Crippen LogP contribution in [-0.4, -0.2) is 34.3 Å². The molecular weight excluding hydrogens is 296 g/mol. The van der Waals surface area contributed by atoms with E-state index in [1.165, 1.54) is 4.90 Å². The maximum Gasteiger partial charge on any atom is 0.416 e. The van der Waals surface area contributed by atoms with Crippen LogP contribution in [-0.2, 0) is 16.0 Å². The Morgan fingerprint density at radius 2 is 2.09 bits per heavy atom. The van der Waals surface area contributed by atoms with Crippen LogP contribution in [0, 0.1) is 0 Å². The van der Waals surface area contributed by atoms with Gasteiger partial charge < -0.3 is 9.84 Å². The fourth-order valence-electron chi connectivity index (χ4n) is 2.65. The van der Waals surface area contributed by atoms with E-state index in [4.69, 9.17) is 4.74 Å². The van der Waals surface area contributed by atoms with E-state index in [0.29, 0.717) is 24.5 Å². The zero-order chi connectivity index (χ0) is 17.2. The third-order valence-corrected chi connectivity index (χ3v) is 3.74. The van der Waals surface area contributed by atoms with Crippen molar-refractivity contribution in [1.82, 2.24) is 4.98 Å². The number of hydrogen-bond acceptors (Lipinski definition) is 4. The summed E-state index contributed by atoms with van der Waals surface area (Å²) in [6.07, 6.45) is 1.68. The highest BCUT2D eigenvalue weighted by Gasteiger charge is 2.30. The van der Waals surface area contributed by atoms with Crippen LogP contribution >= 0.6 is 0 Å². The number of aliphatic carboxylic acids is 1. The monoisotopic (exact) mass is 320 g/mol. The zero-order valence-electron chi connectivity index (χ0n) is 14.1. The molecule has 0 aliphatic carbocycles. The van der Waals surface area contributed by atoms with Crippen LogP contribution in [0.5, 0.6) is 0 Å². The van der Waals surface area contributed by atoms with Crippen molar-refractivity contribution in [3.05, 3.63) is 23.4 Å². The number of carbonyl (C=O) groups excluding carboxylic acids is 1. The lowest BCUT2D eigenvalue weighted by molar-refractivity contribution is -0.138. The number of amides is 1. The van der Waals surface area contributed by atoms with Gasteiger partial charge >= 0.3 is 12.1 Å². The fraction of sp³-hybridized carbons (Fsp3) is 0.588. The number of ether oxygens (including phenoxy) is 1. The van der Waals surface area contributed by atoms with Crippen LogP contribution in [0.1, 0.15) is 57.7 Å². The molecule has 1 aliphatic heterocycles. The van der Waals surface area contributed by atoms with Gasteiger partial charge in [-0.05, 0) is 51.7 Å². The second kappa shape index (κ2) is 6.56. The summed E-state index contributed by atoms with van der Waals surface area (Å²) < 4.78 is 5.44. The summed E-state index contributed by atoms with van der Waals surface area (Å²) in [6.45, 7) is 7.79. The summed E-state index contributed by atoms with van der Waals surface area (Å²) in [5, 5.41) is 9.31. The highest BCUT2D eigenvalue weighted by atomic mass is 16.6. The first-order chi connectivity index (χ1) is 10.7. The fourth-order valence-corrected chi connectivity index (χ4v) is 2.65. The maximum atomic E-state index is 12.4. The van der Waals surface area contributed by atoms with Gasteiger partial charge in [0, 0.05) is 6.54 Å². The smallest absolute Gasteiger partial charge is 0.416 e. The van der Waals surface area contributed by atoms with Crippen molar-refractivity contribution in [2.24, 2.45) is 0 Å². The number of carboxylic acids is 1. The lowest BCUT2D eigenvalue weighted by Crippen LogP contribution is -2.40. The first-order valence-electron chi connectivity index (χ1n) is 7.96. The van der Waals surface area contributed by atoms with Crippen LogP contribution in [0.3, 0.4) is 0 Å². The average molecular weight is 320 g/mol. The number of carbonyl (C=O) groups is 2. The van der Waals surface area contributed by atoms with Crippen molar-refractivity contribution in [2.45, 2.75) is 58.5 Å². The minimum absolute atomic E-state index is 0.438. The van der Waals surface area contributed by atoms with Gasteiger partial charge in [0.25, 0.3) is 0 Å². The minimum atomic E-state index is -0.903. The molecule has 2 rings (SSSR count). The molecule has 0 aromatic carbocycles. The van der Waals surface area contributed by atoms with E-state index in [1.807, 2.05) is 33.8 Å². The van der Waals surface area contributed by atoms with Crippen LogP contribution < -0.4 is 4.90 Å². The first kappa shape index (κ1) is 17.2. The van der Waals surface area contributed by atoms with Gasteiger partial charge in [-0.3, -0.25) is 9.69 Å². The van der Waals surface area contributed by atoms with Gasteiger partial charge in [0.05, 0.1) is 11.6 Å². The Balaban J connectivity index is 2.36. The summed E-state index contributed by atoms with van der Waals surface area (Å²) in [5.41, 5.74) is 0.847. The van der Waals surface area contributed by atoms with Crippen molar-refractivity contribution in [3.63, 3.8) is 0 Å². The molecule has 0 bridgehead atoms. The summed E-state index contributed by atoms with van der Waals surface area (Å²) in [6, 6.07) is 3.62. The number of fused-ring (bicyclic) bond motifs is 1. The Hall–Kier alpha value is -2.11. The third kappa shape index (κ3) is 4.00. The Kier molecular flexibility index (Phi) is 4.92. The van der Waals surface area contributed by atoms with Gasteiger partial charge in [-0.2, -0.15) is 0 Å². The third-order valence-electron chi connectivity index (χ3n) is 3.74. The lowest BCUT2D eigenvalue weighted by atomic mass is 9.99. The SMILES string of the molecule is CCC(C(=O)O)c1ccc2c(n1)N(C(=O)OC(C)(C)C)CCC2. The van der Waals surface area contributed by atoms with Gasteiger partial charge in [-0.15, -0.1) is 0 Å². The van der Waals surface area contributed by atoms with Crippen molar-refractivity contribution in [2.75, 3.05) is 11.4 Å². The molecular formula is C17H24N2O4. The molecule has 2 heterocycles. The van der Waals surface area contributed by atoms with E-state index < -0.39 is 23.6 Å². The second-order valence-corrected chi connectivity index (χ2v) is 6.75. The van der Waals surface area contributed by atoms with Gasteiger partial charge in [0.2, 0.25) is 0 Å². The molecule has 1 amide bonds. The number of aryl methyl sites for hydroxylation is 1. The Morgan fingerprint density at radius 1 is 1.39 bits per heavy atom. The number of hydrogen-bond donors (Lipinski definition) is 1. The number of pyridine rings is 1. The molecule has 6 heteroatoms. The predicted octanol–water partition coefficient (Wildman–Crippen LogP) is 3.35. The van der Waals surface area contributed by atoms with Gasteiger partial charge in [-0.25, -0.2) is 9.78 Å². The van der Waals surface area contributed by atoms with Crippen molar-refractivity contribution in [1.29, 1.82) is 0 Å². The van der Waals surface area contributed by atoms with Gasteiger partial charge in [-0.1, -0.05) is 13.0 Å². The van der Waals surface area contributed by atoms with E-state index in [-0.39, 0.29) is 0 Å². The van der Waals surface area contributed by atoms with E-state index >= 15 is 0 Å². The molecule has 0 fully saturated rings. The molecule has 1 unspecified atom stereocenters. The first-order valence-corrected chi connectivity index (χ1v) is 7.96. The quantitative estimate of drug-likeness (QED) is 0.924. The molecule has 1 aromatic rings. The average Bonchev–Trinajstić information content (AvgIpc) is 2.45. The summed E-state index contributed by atoms with van der Waals surface area (Å²) >= 11 is 0. The molecule has 0 spiro atoms. The Morgan fingerprint density at radius 3 is 2.65 bits per heavy atom. The van der Waals surface area contributed by atoms with Crippen LogP contribution in [0.2, 0.25) is 0 Å². The molecule has 1 aliphatic rings. The Bertz CT molecular complexity index is 607. The standard InChI is InChI=1S/C17H24N2O4/c1-5-12(15(20)21)13-9-8-11-7-6-10-19(14(11)18-13)16(22)23-17(2,3)4/h8-9,12H,5-7,10H2,1-4H3,(H,20,21). The lowest BCUT2D eigenvalue weighted by Gasteiger charge is -2.31. The van der Waals surface area contributed by atoms with Crippen molar-refractivity contribution >= 4 is 17.9 Å². The van der Waals surface area contributed by atoms with E-state index in [0.717, 1.165) is 18.4 Å². The molecule has 1 aromatic heterocycles. The van der Waals surface area contributed by atoms with E-state index in [1.54, 1.807) is 6.07 Å². The highest BCUT2D eigenvalue weighted by Crippen LogP contribution is 2.29. The van der Waals surface area contributed by atoms with Crippen LogP contribution in [0.15, 0.2) is 12.1 Å². The molecule has 0 saturated heterocycles. The molecule has 23 heavy (non-hydrogen) atoms. The summed E-state index contributed by atoms with van der Waals surface area (Å²) in [4.78, 5) is 29.8. The number of aromatic nitrogens is 1. The molecule has 1 atom stereocenters.